The molecule has 0 aromatic heterocycles. The van der Waals surface area contributed by atoms with Crippen molar-refractivity contribution in [3.8, 4) is 11.5 Å². The molecule has 0 bridgehead atoms. The summed E-state index contributed by atoms with van der Waals surface area (Å²) in [6.45, 7) is 7.23. The molecule has 0 unspecified atom stereocenters. The Labute approximate surface area is 182 Å². The molecule has 1 aromatic rings. The molecule has 0 spiro atoms. The molecule has 1 aliphatic carbocycles. The molecule has 0 fully saturated rings. The van der Waals surface area contributed by atoms with Gasteiger partial charge in [0, 0.05) is 4.91 Å². The molecular formula is C22H30O8S. The van der Waals surface area contributed by atoms with Crippen LogP contribution in [0.1, 0.15) is 74.1 Å². The van der Waals surface area contributed by atoms with Gasteiger partial charge < -0.3 is 19.7 Å². The van der Waals surface area contributed by atoms with E-state index in [-0.39, 0.29) is 36.4 Å². The highest BCUT2D eigenvalue weighted by Gasteiger charge is 2.36. The summed E-state index contributed by atoms with van der Waals surface area (Å²) < 4.78 is 36.9. The van der Waals surface area contributed by atoms with E-state index in [0.717, 1.165) is 12.5 Å². The predicted octanol–water partition coefficient (Wildman–Crippen LogP) is 3.96. The molecule has 1 aromatic carbocycles. The highest BCUT2D eigenvalue weighted by molar-refractivity contribution is 7.95. The summed E-state index contributed by atoms with van der Waals surface area (Å²) in [5, 5.41) is 21.3. The van der Waals surface area contributed by atoms with Crippen molar-refractivity contribution in [3.05, 3.63) is 28.2 Å². The van der Waals surface area contributed by atoms with Gasteiger partial charge in [-0.25, -0.2) is 18.0 Å². The van der Waals surface area contributed by atoms with Gasteiger partial charge in [-0.2, -0.15) is 0 Å². The third kappa shape index (κ3) is 5.78. The van der Waals surface area contributed by atoms with Gasteiger partial charge in [0.15, 0.2) is 0 Å². The van der Waals surface area contributed by atoms with Crippen LogP contribution in [0.4, 0.5) is 0 Å². The molecule has 172 valence electrons. The number of hydrogen-bond donors (Lipinski definition) is 2. The summed E-state index contributed by atoms with van der Waals surface area (Å²) in [6, 6.07) is 0.832. The number of aromatic hydroxyl groups is 2. The molecule has 2 rings (SSSR count). The SMILES string of the molecule is CC(C)COC(=O)c1cc(O)c(C(=O)OCC(C)C)c(S(=O)(=O)C2=CCCCC2)c1O. The van der Waals surface area contributed by atoms with E-state index in [1.165, 1.54) is 6.08 Å². The lowest BCUT2D eigenvalue weighted by Gasteiger charge is -2.19. The van der Waals surface area contributed by atoms with Crippen LogP contribution < -0.4 is 0 Å². The average molecular weight is 455 g/mol. The summed E-state index contributed by atoms with van der Waals surface area (Å²) in [5.41, 5.74) is -1.22. The second-order valence-electron chi connectivity index (χ2n) is 8.40. The summed E-state index contributed by atoms with van der Waals surface area (Å²) >= 11 is 0. The quantitative estimate of drug-likeness (QED) is 0.446. The van der Waals surface area contributed by atoms with Gasteiger partial charge in [0.25, 0.3) is 0 Å². The zero-order chi connectivity index (χ0) is 23.3. The van der Waals surface area contributed by atoms with Crippen molar-refractivity contribution >= 4 is 21.8 Å². The minimum atomic E-state index is -4.37. The van der Waals surface area contributed by atoms with Gasteiger partial charge in [-0.15, -0.1) is 0 Å². The molecule has 0 aliphatic heterocycles. The van der Waals surface area contributed by atoms with Gasteiger partial charge in [-0.3, -0.25) is 0 Å². The Kier molecular flexibility index (Phi) is 8.11. The number of hydrogen-bond acceptors (Lipinski definition) is 8. The maximum atomic E-state index is 13.4. The van der Waals surface area contributed by atoms with Crippen LogP contribution in [0.3, 0.4) is 0 Å². The first kappa shape index (κ1) is 24.7. The minimum Gasteiger partial charge on any atom is -0.507 e. The molecule has 0 radical (unpaired) electrons. The van der Waals surface area contributed by atoms with Gasteiger partial charge in [0.05, 0.1) is 13.2 Å². The van der Waals surface area contributed by atoms with Gasteiger partial charge in [-0.05, 0) is 43.6 Å². The number of esters is 2. The normalized spacial score (nSPS) is 14.5. The number of carbonyl (C=O) groups excluding carboxylic acids is 2. The maximum Gasteiger partial charge on any atom is 0.343 e. The van der Waals surface area contributed by atoms with Gasteiger partial charge in [0.1, 0.15) is 27.5 Å². The Morgan fingerprint density at radius 1 is 1.00 bits per heavy atom. The fourth-order valence-corrected chi connectivity index (χ4v) is 4.90. The zero-order valence-electron chi connectivity index (χ0n) is 18.3. The molecule has 0 saturated carbocycles. The Bertz CT molecular complexity index is 974. The second-order valence-corrected chi connectivity index (χ2v) is 10.3. The Balaban J connectivity index is 2.68. The third-order valence-corrected chi connectivity index (χ3v) is 6.61. The molecule has 0 heterocycles. The summed E-state index contributed by atoms with van der Waals surface area (Å²) in [5.74, 6) is -3.85. The largest absolute Gasteiger partial charge is 0.507 e. The molecular weight excluding hydrogens is 424 g/mol. The minimum absolute atomic E-state index is 0.000529. The Morgan fingerprint density at radius 2 is 1.58 bits per heavy atom. The number of rotatable bonds is 8. The third-order valence-electron chi connectivity index (χ3n) is 4.62. The monoisotopic (exact) mass is 454 g/mol. The van der Waals surface area contributed by atoms with Gasteiger partial charge >= 0.3 is 11.9 Å². The average Bonchev–Trinajstić information content (AvgIpc) is 2.71. The van der Waals surface area contributed by atoms with Crippen molar-refractivity contribution in [1.29, 1.82) is 0 Å². The first-order valence-electron chi connectivity index (χ1n) is 10.3. The van der Waals surface area contributed by atoms with Crippen LogP contribution in [0.5, 0.6) is 11.5 Å². The standard InChI is InChI=1S/C22H30O8S/c1-13(2)11-29-21(25)16-10-17(23)18(22(26)30-12-14(3)4)20(19(16)24)31(27,28)15-8-6-5-7-9-15/h8,10,13-14,23-24H,5-7,9,11-12H2,1-4H3. The van der Waals surface area contributed by atoms with Crippen LogP contribution in [-0.4, -0.2) is 43.8 Å². The first-order valence-corrected chi connectivity index (χ1v) is 11.8. The molecule has 2 N–H and O–H groups in total. The van der Waals surface area contributed by atoms with Crippen LogP contribution in [0.25, 0.3) is 0 Å². The van der Waals surface area contributed by atoms with E-state index in [1.54, 1.807) is 13.8 Å². The molecule has 0 amide bonds. The van der Waals surface area contributed by atoms with Crippen molar-refractivity contribution in [2.45, 2.75) is 58.3 Å². The number of carbonyl (C=O) groups is 2. The van der Waals surface area contributed by atoms with Crippen molar-refractivity contribution in [2.75, 3.05) is 13.2 Å². The van der Waals surface area contributed by atoms with E-state index in [1.807, 2.05) is 13.8 Å². The lowest BCUT2D eigenvalue weighted by Crippen LogP contribution is -2.19. The summed E-state index contributed by atoms with van der Waals surface area (Å²) in [4.78, 5) is 24.3. The smallest absolute Gasteiger partial charge is 0.343 e. The highest BCUT2D eigenvalue weighted by atomic mass is 32.2. The molecule has 0 atom stereocenters. The van der Waals surface area contributed by atoms with E-state index in [4.69, 9.17) is 9.47 Å². The molecule has 0 saturated heterocycles. The molecule has 9 heteroatoms. The van der Waals surface area contributed by atoms with Crippen LogP contribution in [-0.2, 0) is 19.3 Å². The first-order chi connectivity index (χ1) is 14.5. The number of allylic oxidation sites excluding steroid dienone is 2. The fourth-order valence-electron chi connectivity index (χ4n) is 3.07. The predicted molar refractivity (Wildman–Crippen MR) is 114 cm³/mol. The van der Waals surface area contributed by atoms with Gasteiger partial charge in [0.2, 0.25) is 9.84 Å². The number of benzene rings is 1. The van der Waals surface area contributed by atoms with E-state index in [2.05, 4.69) is 0 Å². The lowest BCUT2D eigenvalue weighted by atomic mass is 10.1. The Morgan fingerprint density at radius 3 is 2.10 bits per heavy atom. The van der Waals surface area contributed by atoms with Crippen LogP contribution in [0.2, 0.25) is 0 Å². The van der Waals surface area contributed by atoms with Crippen molar-refractivity contribution in [3.63, 3.8) is 0 Å². The molecule has 31 heavy (non-hydrogen) atoms. The topological polar surface area (TPSA) is 127 Å². The molecule has 8 nitrogen and oxygen atoms in total. The number of phenols is 2. The fraction of sp³-hybridized carbons (Fsp3) is 0.545. The van der Waals surface area contributed by atoms with Crippen molar-refractivity contribution in [1.82, 2.24) is 0 Å². The number of ether oxygens (including phenoxy) is 2. The van der Waals surface area contributed by atoms with Crippen LogP contribution in [0.15, 0.2) is 21.9 Å². The number of phenolic OH excluding ortho intramolecular Hbond substituents is 2. The maximum absolute atomic E-state index is 13.4. The van der Waals surface area contributed by atoms with E-state index in [0.29, 0.717) is 12.8 Å². The summed E-state index contributed by atoms with van der Waals surface area (Å²) in [6.07, 6.45) is 3.74. The van der Waals surface area contributed by atoms with Gasteiger partial charge in [-0.1, -0.05) is 33.8 Å². The van der Waals surface area contributed by atoms with Crippen LogP contribution >= 0.6 is 0 Å². The zero-order valence-corrected chi connectivity index (χ0v) is 19.1. The Hall–Kier alpha value is -2.55. The number of sulfone groups is 1. The van der Waals surface area contributed by atoms with Crippen molar-refractivity contribution in [2.24, 2.45) is 11.8 Å². The van der Waals surface area contributed by atoms with E-state index < -0.39 is 49.3 Å². The van der Waals surface area contributed by atoms with E-state index >= 15 is 0 Å². The van der Waals surface area contributed by atoms with E-state index in [9.17, 15) is 28.2 Å². The lowest BCUT2D eigenvalue weighted by molar-refractivity contribution is 0.0434. The molecule has 1 aliphatic rings. The van der Waals surface area contributed by atoms with Crippen LogP contribution in [0, 0.1) is 11.8 Å². The second kappa shape index (κ2) is 10.2. The highest BCUT2D eigenvalue weighted by Crippen LogP contribution is 2.41. The summed E-state index contributed by atoms with van der Waals surface area (Å²) in [7, 11) is -4.37. The van der Waals surface area contributed by atoms with Crippen molar-refractivity contribution < 1.29 is 37.7 Å².